The van der Waals surface area contributed by atoms with Crippen LogP contribution in [-0.4, -0.2) is 69.8 Å². The number of aliphatic hydroxyl groups is 1. The number of amidine groups is 1. The first-order valence-corrected chi connectivity index (χ1v) is 11.6. The number of nitrogens with zero attached hydrogens (tertiary/aromatic N) is 2. The number of hydrogen-bond acceptors (Lipinski definition) is 6. The molecule has 0 bridgehead atoms. The summed E-state index contributed by atoms with van der Waals surface area (Å²) < 4.78 is 37.6. The van der Waals surface area contributed by atoms with Crippen molar-refractivity contribution in [2.75, 3.05) is 13.1 Å². The third-order valence-electron chi connectivity index (χ3n) is 7.04. The zero-order chi connectivity index (χ0) is 24.7. The van der Waals surface area contributed by atoms with Crippen molar-refractivity contribution in [3.63, 3.8) is 0 Å². The second-order valence-corrected chi connectivity index (χ2v) is 9.45. The van der Waals surface area contributed by atoms with Crippen molar-refractivity contribution in [2.45, 2.75) is 76.1 Å². The van der Waals surface area contributed by atoms with E-state index in [2.05, 4.69) is 5.32 Å². The van der Waals surface area contributed by atoms with Gasteiger partial charge in [-0.3, -0.25) is 25.2 Å². The summed E-state index contributed by atoms with van der Waals surface area (Å²) in [5.41, 5.74) is 1.07. The molecule has 4 N–H and O–H groups in total. The second kappa shape index (κ2) is 9.27. The zero-order valence-electron chi connectivity index (χ0n) is 19.0. The standard InChI is InChI=1S/C23H30F3N5O3/c1-22(34,30-10-4-5-11-30)29-17-6-2-3-7-18(17)31-13-15-9-8-14(12-16(15)20(31)32)19(27)28-21(33)23(24,25)26/h8-9,12,17-18,29,34H,2-7,10-11,13H2,1H3,(H2,27,28,33). The largest absolute Gasteiger partial charge is 0.471 e. The molecular formula is C23H30F3N5O3. The summed E-state index contributed by atoms with van der Waals surface area (Å²) >= 11 is 0. The maximum atomic E-state index is 13.3. The third-order valence-corrected chi connectivity index (χ3v) is 7.04. The molecule has 2 heterocycles. The number of hydrogen-bond donors (Lipinski definition) is 4. The summed E-state index contributed by atoms with van der Waals surface area (Å²) in [4.78, 5) is 28.2. The van der Waals surface area contributed by atoms with Crippen LogP contribution in [-0.2, 0) is 11.3 Å². The highest BCUT2D eigenvalue weighted by molar-refractivity contribution is 6.09. The van der Waals surface area contributed by atoms with Gasteiger partial charge in [0.05, 0.1) is 0 Å². The van der Waals surface area contributed by atoms with Crippen LogP contribution < -0.4 is 10.6 Å². The van der Waals surface area contributed by atoms with Crippen molar-refractivity contribution in [3.8, 4) is 0 Å². The molecule has 1 aromatic carbocycles. The summed E-state index contributed by atoms with van der Waals surface area (Å²) in [5.74, 6) is -4.38. The van der Waals surface area contributed by atoms with Crippen LogP contribution in [0.15, 0.2) is 18.2 Å². The van der Waals surface area contributed by atoms with Crippen LogP contribution in [0.3, 0.4) is 0 Å². The number of nitrogens with one attached hydrogen (secondary N) is 3. The molecule has 11 heteroatoms. The Kier molecular flexibility index (Phi) is 6.71. The molecule has 0 spiro atoms. The van der Waals surface area contributed by atoms with Crippen LogP contribution in [0.1, 0.15) is 66.9 Å². The van der Waals surface area contributed by atoms with Gasteiger partial charge in [0.25, 0.3) is 5.91 Å². The van der Waals surface area contributed by atoms with E-state index in [1.54, 1.807) is 17.9 Å². The van der Waals surface area contributed by atoms with Crippen molar-refractivity contribution < 1.29 is 27.9 Å². The fourth-order valence-corrected chi connectivity index (χ4v) is 5.25. The summed E-state index contributed by atoms with van der Waals surface area (Å²) in [6, 6.07) is 4.16. The van der Waals surface area contributed by atoms with Gasteiger partial charge < -0.3 is 15.3 Å². The first kappa shape index (κ1) is 24.6. The van der Waals surface area contributed by atoms with Crippen LogP contribution >= 0.6 is 0 Å². The predicted molar refractivity (Wildman–Crippen MR) is 118 cm³/mol. The van der Waals surface area contributed by atoms with Crippen molar-refractivity contribution >= 4 is 17.6 Å². The average Bonchev–Trinajstić information content (AvgIpc) is 3.42. The van der Waals surface area contributed by atoms with Gasteiger partial charge in [0.1, 0.15) is 5.84 Å². The van der Waals surface area contributed by atoms with Crippen molar-refractivity contribution in [1.29, 1.82) is 5.41 Å². The SMILES string of the molecule is CC(O)(NC1CCCCC1N1Cc2ccc(C(=N)NC(=O)C(F)(F)F)cc2C1=O)N1CCCC1. The van der Waals surface area contributed by atoms with Gasteiger partial charge in [-0.1, -0.05) is 25.0 Å². The maximum Gasteiger partial charge on any atom is 0.471 e. The quantitative estimate of drug-likeness (QED) is 0.293. The molecule has 1 saturated carbocycles. The molecule has 3 unspecified atom stereocenters. The Bertz CT molecular complexity index is 975. The van der Waals surface area contributed by atoms with Crippen molar-refractivity contribution in [2.24, 2.45) is 0 Å². The van der Waals surface area contributed by atoms with Gasteiger partial charge >= 0.3 is 12.1 Å². The molecule has 3 aliphatic rings. The summed E-state index contributed by atoms with van der Waals surface area (Å²) in [6.45, 7) is 3.72. The van der Waals surface area contributed by atoms with E-state index in [0.717, 1.165) is 57.2 Å². The van der Waals surface area contributed by atoms with Gasteiger partial charge in [-0.05, 0) is 44.2 Å². The lowest BCUT2D eigenvalue weighted by Crippen LogP contribution is -2.64. The fraction of sp³-hybridized carbons (Fsp3) is 0.609. The lowest BCUT2D eigenvalue weighted by Gasteiger charge is -2.44. The van der Waals surface area contributed by atoms with E-state index in [1.165, 1.54) is 17.4 Å². The van der Waals surface area contributed by atoms with Crippen LogP contribution in [0.25, 0.3) is 0 Å². The molecule has 8 nitrogen and oxygen atoms in total. The maximum absolute atomic E-state index is 13.3. The highest BCUT2D eigenvalue weighted by atomic mass is 19.4. The molecule has 2 amide bonds. The van der Waals surface area contributed by atoms with E-state index >= 15 is 0 Å². The molecule has 1 saturated heterocycles. The topological polar surface area (TPSA) is 109 Å². The van der Waals surface area contributed by atoms with E-state index in [9.17, 15) is 27.9 Å². The van der Waals surface area contributed by atoms with Crippen LogP contribution in [0, 0.1) is 5.41 Å². The number of benzene rings is 1. The van der Waals surface area contributed by atoms with E-state index in [0.29, 0.717) is 12.1 Å². The Morgan fingerprint density at radius 3 is 2.50 bits per heavy atom. The Balaban J connectivity index is 1.49. The number of likely N-dealkylation sites (tertiary alicyclic amines) is 1. The number of rotatable bonds is 5. The molecule has 34 heavy (non-hydrogen) atoms. The number of carbonyl (C=O) groups excluding carboxylic acids is 2. The molecule has 4 rings (SSSR count). The van der Waals surface area contributed by atoms with E-state index < -0.39 is 23.8 Å². The lowest BCUT2D eigenvalue weighted by atomic mass is 9.88. The predicted octanol–water partition coefficient (Wildman–Crippen LogP) is 2.31. The minimum Gasteiger partial charge on any atom is -0.363 e. The molecule has 1 aromatic rings. The first-order valence-electron chi connectivity index (χ1n) is 11.6. The Morgan fingerprint density at radius 2 is 1.82 bits per heavy atom. The van der Waals surface area contributed by atoms with Crippen LogP contribution in [0.2, 0.25) is 0 Å². The van der Waals surface area contributed by atoms with Gasteiger partial charge in [0.2, 0.25) is 0 Å². The Morgan fingerprint density at radius 1 is 1.15 bits per heavy atom. The summed E-state index contributed by atoms with van der Waals surface area (Å²) in [7, 11) is 0. The summed E-state index contributed by atoms with van der Waals surface area (Å²) in [5, 5.41) is 23.8. The second-order valence-electron chi connectivity index (χ2n) is 9.45. The minimum absolute atomic E-state index is 0.0295. The van der Waals surface area contributed by atoms with Crippen molar-refractivity contribution in [1.82, 2.24) is 20.4 Å². The van der Waals surface area contributed by atoms with Gasteiger partial charge in [0.15, 0.2) is 5.85 Å². The lowest BCUT2D eigenvalue weighted by molar-refractivity contribution is -0.171. The molecule has 186 valence electrons. The normalized spacial score (nSPS) is 25.2. The van der Waals surface area contributed by atoms with E-state index in [4.69, 9.17) is 5.41 Å². The van der Waals surface area contributed by atoms with Crippen LogP contribution in [0.5, 0.6) is 0 Å². The first-order chi connectivity index (χ1) is 16.0. The average molecular weight is 482 g/mol. The molecule has 2 fully saturated rings. The highest BCUT2D eigenvalue weighted by Gasteiger charge is 2.42. The fourth-order valence-electron chi connectivity index (χ4n) is 5.25. The third kappa shape index (κ3) is 4.96. The molecule has 3 atom stereocenters. The monoisotopic (exact) mass is 481 g/mol. The van der Waals surface area contributed by atoms with Gasteiger partial charge in [0, 0.05) is 42.8 Å². The zero-order valence-corrected chi connectivity index (χ0v) is 19.0. The minimum atomic E-state index is -5.10. The number of alkyl halides is 3. The number of carbonyl (C=O) groups is 2. The van der Waals surface area contributed by atoms with Gasteiger partial charge in [-0.15, -0.1) is 0 Å². The molecule has 2 aliphatic heterocycles. The molecule has 0 aromatic heterocycles. The number of fused-ring (bicyclic) bond motifs is 1. The van der Waals surface area contributed by atoms with Crippen molar-refractivity contribution in [3.05, 3.63) is 34.9 Å². The number of amides is 2. The Labute approximate surface area is 196 Å². The van der Waals surface area contributed by atoms with Crippen LogP contribution in [0.4, 0.5) is 13.2 Å². The van der Waals surface area contributed by atoms with E-state index in [-0.39, 0.29) is 23.6 Å². The molecule has 1 aliphatic carbocycles. The molecular weight excluding hydrogens is 451 g/mol. The Hall–Kier alpha value is -2.50. The molecule has 0 radical (unpaired) electrons. The van der Waals surface area contributed by atoms with E-state index in [1.807, 2.05) is 4.90 Å². The smallest absolute Gasteiger partial charge is 0.363 e. The van der Waals surface area contributed by atoms with Gasteiger partial charge in [-0.25, -0.2) is 0 Å². The summed E-state index contributed by atoms with van der Waals surface area (Å²) in [6.07, 6.45) is 0.494. The van der Waals surface area contributed by atoms with Gasteiger partial charge in [-0.2, -0.15) is 13.2 Å². The number of halogens is 3. The highest BCUT2D eigenvalue weighted by Crippen LogP contribution is 2.33.